The highest BCUT2D eigenvalue weighted by atomic mass is 14.9. The molecule has 0 heterocycles. The fraction of sp³-hybridized carbons (Fsp3) is 1.00. The number of hydrogen-bond donors (Lipinski definition) is 1. The zero-order valence-corrected chi connectivity index (χ0v) is 8.82. The van der Waals surface area contributed by atoms with Crippen molar-refractivity contribution in [2.24, 2.45) is 5.92 Å². The molecular weight excluding hydrogens is 146 g/mol. The Kier molecular flexibility index (Phi) is 3.57. The van der Waals surface area contributed by atoms with Gasteiger partial charge < -0.3 is 5.32 Å². The quantitative estimate of drug-likeness (QED) is 0.624. The summed E-state index contributed by atoms with van der Waals surface area (Å²) in [6, 6.07) is 0. The molecule has 0 bridgehead atoms. The van der Waals surface area contributed by atoms with Gasteiger partial charge in [-0.2, -0.15) is 0 Å². The Bertz CT molecular complexity index is 119. The number of rotatable bonds is 5. The second kappa shape index (κ2) is 4.27. The average Bonchev–Trinajstić information content (AvgIpc) is 2.68. The molecule has 1 aliphatic rings. The van der Waals surface area contributed by atoms with E-state index in [4.69, 9.17) is 0 Å². The standard InChI is InChI=1S/C11H23N/c1-11(2,3)12-9-5-4-6-10-7-8-10/h10,12H,4-9H2,1-3H3. The molecule has 0 aromatic rings. The van der Waals surface area contributed by atoms with Crippen LogP contribution >= 0.6 is 0 Å². The van der Waals surface area contributed by atoms with Crippen LogP contribution in [-0.2, 0) is 0 Å². The molecule has 72 valence electrons. The Morgan fingerprint density at radius 3 is 2.33 bits per heavy atom. The fourth-order valence-electron chi connectivity index (χ4n) is 1.43. The highest BCUT2D eigenvalue weighted by Gasteiger charge is 2.19. The van der Waals surface area contributed by atoms with Gasteiger partial charge in [0.25, 0.3) is 0 Å². The molecule has 0 saturated heterocycles. The van der Waals surface area contributed by atoms with E-state index in [2.05, 4.69) is 26.1 Å². The highest BCUT2D eigenvalue weighted by molar-refractivity contribution is 4.73. The van der Waals surface area contributed by atoms with Crippen molar-refractivity contribution in [1.29, 1.82) is 0 Å². The largest absolute Gasteiger partial charge is 0.312 e. The molecule has 1 aliphatic carbocycles. The molecule has 1 fully saturated rings. The lowest BCUT2D eigenvalue weighted by atomic mass is 10.1. The van der Waals surface area contributed by atoms with Crippen molar-refractivity contribution >= 4 is 0 Å². The van der Waals surface area contributed by atoms with Gasteiger partial charge in [-0.3, -0.25) is 0 Å². The van der Waals surface area contributed by atoms with Crippen LogP contribution < -0.4 is 5.32 Å². The maximum Gasteiger partial charge on any atom is 0.00965 e. The number of nitrogens with one attached hydrogen (secondary N) is 1. The minimum absolute atomic E-state index is 0.305. The minimum atomic E-state index is 0.305. The second-order valence-electron chi connectivity index (χ2n) is 5.12. The summed E-state index contributed by atoms with van der Waals surface area (Å²) >= 11 is 0. The van der Waals surface area contributed by atoms with Crippen molar-refractivity contribution in [3.63, 3.8) is 0 Å². The monoisotopic (exact) mass is 169 g/mol. The third kappa shape index (κ3) is 5.59. The van der Waals surface area contributed by atoms with Crippen LogP contribution in [0.15, 0.2) is 0 Å². The van der Waals surface area contributed by atoms with Gasteiger partial charge in [-0.05, 0) is 39.7 Å². The predicted molar refractivity (Wildman–Crippen MR) is 54.3 cm³/mol. The van der Waals surface area contributed by atoms with Crippen LogP contribution in [0, 0.1) is 5.92 Å². The van der Waals surface area contributed by atoms with E-state index in [1.807, 2.05) is 0 Å². The third-order valence-corrected chi connectivity index (χ3v) is 2.39. The van der Waals surface area contributed by atoms with Crippen LogP contribution in [0.3, 0.4) is 0 Å². The lowest BCUT2D eigenvalue weighted by Crippen LogP contribution is -2.36. The van der Waals surface area contributed by atoms with E-state index in [1.165, 1.54) is 38.6 Å². The van der Waals surface area contributed by atoms with Gasteiger partial charge in [-0.25, -0.2) is 0 Å². The zero-order chi connectivity index (χ0) is 9.03. The van der Waals surface area contributed by atoms with Crippen LogP contribution in [0.4, 0.5) is 0 Å². The SMILES string of the molecule is CC(C)(C)NCCCCC1CC1. The van der Waals surface area contributed by atoms with Gasteiger partial charge in [0.15, 0.2) is 0 Å². The maximum absolute atomic E-state index is 3.52. The van der Waals surface area contributed by atoms with Crippen LogP contribution in [-0.4, -0.2) is 12.1 Å². The van der Waals surface area contributed by atoms with Crippen molar-refractivity contribution in [3.05, 3.63) is 0 Å². The van der Waals surface area contributed by atoms with Gasteiger partial charge in [0.05, 0.1) is 0 Å². The zero-order valence-electron chi connectivity index (χ0n) is 8.82. The Balaban J connectivity index is 1.82. The molecule has 1 N–H and O–H groups in total. The summed E-state index contributed by atoms with van der Waals surface area (Å²) in [5, 5.41) is 3.52. The van der Waals surface area contributed by atoms with Crippen molar-refractivity contribution < 1.29 is 0 Å². The molecular formula is C11H23N. The van der Waals surface area contributed by atoms with Crippen molar-refractivity contribution in [3.8, 4) is 0 Å². The van der Waals surface area contributed by atoms with Crippen LogP contribution in [0.25, 0.3) is 0 Å². The first-order valence-electron chi connectivity index (χ1n) is 5.33. The predicted octanol–water partition coefficient (Wildman–Crippen LogP) is 2.95. The first-order valence-corrected chi connectivity index (χ1v) is 5.33. The molecule has 1 heteroatoms. The minimum Gasteiger partial charge on any atom is -0.312 e. The molecule has 12 heavy (non-hydrogen) atoms. The summed E-state index contributed by atoms with van der Waals surface area (Å²) in [4.78, 5) is 0. The van der Waals surface area contributed by atoms with Gasteiger partial charge in [-0.15, -0.1) is 0 Å². The van der Waals surface area contributed by atoms with E-state index < -0.39 is 0 Å². The van der Waals surface area contributed by atoms with E-state index in [0.717, 1.165) is 5.92 Å². The summed E-state index contributed by atoms with van der Waals surface area (Å²) in [6.07, 6.45) is 7.27. The first kappa shape index (κ1) is 10.0. The average molecular weight is 169 g/mol. The highest BCUT2D eigenvalue weighted by Crippen LogP contribution is 2.33. The second-order valence-corrected chi connectivity index (χ2v) is 5.12. The van der Waals surface area contributed by atoms with Gasteiger partial charge in [0.1, 0.15) is 0 Å². The topological polar surface area (TPSA) is 12.0 Å². The molecule has 0 amide bonds. The molecule has 0 unspecified atom stereocenters. The molecule has 0 radical (unpaired) electrons. The molecule has 1 saturated carbocycles. The normalized spacial score (nSPS) is 18.2. The Hall–Kier alpha value is -0.0400. The van der Waals surface area contributed by atoms with E-state index in [1.54, 1.807) is 0 Å². The van der Waals surface area contributed by atoms with Gasteiger partial charge in [-0.1, -0.05) is 25.7 Å². The van der Waals surface area contributed by atoms with Gasteiger partial charge in [0.2, 0.25) is 0 Å². The maximum atomic E-state index is 3.52. The summed E-state index contributed by atoms with van der Waals surface area (Å²) in [5.74, 6) is 1.11. The summed E-state index contributed by atoms with van der Waals surface area (Å²) in [5.41, 5.74) is 0.305. The molecule has 1 rings (SSSR count). The van der Waals surface area contributed by atoms with Crippen molar-refractivity contribution in [1.82, 2.24) is 5.32 Å². The third-order valence-electron chi connectivity index (χ3n) is 2.39. The molecule has 0 atom stereocenters. The molecule has 0 spiro atoms. The van der Waals surface area contributed by atoms with Crippen molar-refractivity contribution in [2.75, 3.05) is 6.54 Å². The van der Waals surface area contributed by atoms with Crippen LogP contribution in [0.5, 0.6) is 0 Å². The lowest BCUT2D eigenvalue weighted by molar-refractivity contribution is 0.415. The smallest absolute Gasteiger partial charge is 0.00965 e. The van der Waals surface area contributed by atoms with Crippen LogP contribution in [0.1, 0.15) is 52.9 Å². The fourth-order valence-corrected chi connectivity index (χ4v) is 1.43. The van der Waals surface area contributed by atoms with E-state index in [-0.39, 0.29) is 0 Å². The summed E-state index contributed by atoms with van der Waals surface area (Å²) < 4.78 is 0. The Labute approximate surface area is 76.9 Å². The van der Waals surface area contributed by atoms with E-state index in [0.29, 0.717) is 5.54 Å². The first-order chi connectivity index (χ1) is 5.58. The molecule has 0 aromatic heterocycles. The summed E-state index contributed by atoms with van der Waals surface area (Å²) in [6.45, 7) is 7.88. The van der Waals surface area contributed by atoms with E-state index in [9.17, 15) is 0 Å². The Morgan fingerprint density at radius 1 is 1.17 bits per heavy atom. The molecule has 1 nitrogen and oxygen atoms in total. The van der Waals surface area contributed by atoms with E-state index >= 15 is 0 Å². The van der Waals surface area contributed by atoms with Gasteiger partial charge >= 0.3 is 0 Å². The number of hydrogen-bond acceptors (Lipinski definition) is 1. The van der Waals surface area contributed by atoms with Gasteiger partial charge in [0, 0.05) is 5.54 Å². The van der Waals surface area contributed by atoms with Crippen LogP contribution in [0.2, 0.25) is 0 Å². The summed E-state index contributed by atoms with van der Waals surface area (Å²) in [7, 11) is 0. The number of unbranched alkanes of at least 4 members (excludes halogenated alkanes) is 1. The Morgan fingerprint density at radius 2 is 1.83 bits per heavy atom. The van der Waals surface area contributed by atoms with Crippen molar-refractivity contribution in [2.45, 2.75) is 58.4 Å². The lowest BCUT2D eigenvalue weighted by Gasteiger charge is -2.20. The molecule has 0 aromatic carbocycles. The molecule has 0 aliphatic heterocycles.